The van der Waals surface area contributed by atoms with Crippen LogP contribution in [0.15, 0.2) is 30.5 Å². The molecule has 2 aromatic carbocycles. The van der Waals surface area contributed by atoms with E-state index in [1.807, 2.05) is 23.9 Å². The number of benzene rings is 2. The van der Waals surface area contributed by atoms with Crippen molar-refractivity contribution in [1.82, 2.24) is 9.55 Å². The number of aryl methyl sites for hydroxylation is 1. The molecule has 0 spiro atoms. The lowest BCUT2D eigenvalue weighted by atomic mass is 10.1. The zero-order chi connectivity index (χ0) is 23.3. The van der Waals surface area contributed by atoms with Crippen molar-refractivity contribution in [3.8, 4) is 0 Å². The van der Waals surface area contributed by atoms with Gasteiger partial charge in [0.05, 0.1) is 17.8 Å². The van der Waals surface area contributed by atoms with Gasteiger partial charge in [-0.2, -0.15) is 11.8 Å². The highest BCUT2D eigenvalue weighted by Crippen LogP contribution is 2.35. The summed E-state index contributed by atoms with van der Waals surface area (Å²) in [5, 5.41) is 5.16. The minimum Gasteiger partial charge on any atom is -0.382 e. The van der Waals surface area contributed by atoms with Crippen LogP contribution in [0, 0.1) is 36.0 Å². The first-order valence-corrected chi connectivity index (χ1v) is 11.7. The summed E-state index contributed by atoms with van der Waals surface area (Å²) in [4.78, 5) is 4.28. The first kappa shape index (κ1) is 22.0. The SMILES string of the molecule is Cc1nccc2c3cc(NC4CCSCC4)ccc3n(Cc3c(F)c(F)c(F)c(F)c3F)c12. The third kappa shape index (κ3) is 3.72. The van der Waals surface area contributed by atoms with E-state index in [1.165, 1.54) is 0 Å². The molecule has 0 atom stereocenters. The molecule has 1 aliphatic rings. The van der Waals surface area contributed by atoms with E-state index < -0.39 is 41.2 Å². The number of rotatable bonds is 4. The van der Waals surface area contributed by atoms with Gasteiger partial charge in [0, 0.05) is 39.8 Å². The predicted octanol–water partition coefficient (Wildman–Crippen LogP) is 6.55. The number of nitrogens with zero attached hydrogens (tertiary/aromatic N) is 2. The van der Waals surface area contributed by atoms with Crippen molar-refractivity contribution in [1.29, 1.82) is 0 Å². The second-order valence-electron chi connectivity index (χ2n) is 8.19. The van der Waals surface area contributed by atoms with Crippen LogP contribution in [0.2, 0.25) is 0 Å². The van der Waals surface area contributed by atoms with Crippen molar-refractivity contribution < 1.29 is 22.0 Å². The van der Waals surface area contributed by atoms with Crippen LogP contribution in [-0.4, -0.2) is 27.1 Å². The minimum absolute atomic E-state index is 0.369. The van der Waals surface area contributed by atoms with Crippen molar-refractivity contribution in [2.75, 3.05) is 16.8 Å². The molecule has 1 saturated heterocycles. The van der Waals surface area contributed by atoms with Gasteiger partial charge >= 0.3 is 0 Å². The largest absolute Gasteiger partial charge is 0.382 e. The van der Waals surface area contributed by atoms with E-state index in [0.29, 0.717) is 22.8 Å². The van der Waals surface area contributed by atoms with Gasteiger partial charge in [0.15, 0.2) is 23.3 Å². The van der Waals surface area contributed by atoms with Gasteiger partial charge in [-0.05, 0) is 55.5 Å². The maximum atomic E-state index is 14.5. The average Bonchev–Trinajstić information content (AvgIpc) is 3.14. The second-order valence-corrected chi connectivity index (χ2v) is 9.41. The average molecular weight is 478 g/mol. The van der Waals surface area contributed by atoms with Crippen LogP contribution in [0.5, 0.6) is 0 Å². The van der Waals surface area contributed by atoms with Gasteiger partial charge in [0.25, 0.3) is 0 Å². The van der Waals surface area contributed by atoms with Gasteiger partial charge in [0.2, 0.25) is 5.82 Å². The van der Waals surface area contributed by atoms with Crippen LogP contribution < -0.4 is 5.32 Å². The van der Waals surface area contributed by atoms with Crippen LogP contribution in [0.3, 0.4) is 0 Å². The maximum Gasteiger partial charge on any atom is 0.200 e. The Bertz CT molecular complexity index is 1350. The lowest BCUT2D eigenvalue weighted by Gasteiger charge is -2.23. The van der Waals surface area contributed by atoms with Crippen LogP contribution in [0.1, 0.15) is 24.1 Å². The summed E-state index contributed by atoms with van der Waals surface area (Å²) in [5.41, 5.74) is 1.84. The van der Waals surface area contributed by atoms with Crippen LogP contribution in [0.25, 0.3) is 21.8 Å². The van der Waals surface area contributed by atoms with Crippen LogP contribution in [0.4, 0.5) is 27.6 Å². The quantitative estimate of drug-likeness (QED) is 0.205. The molecule has 9 heteroatoms. The summed E-state index contributed by atoms with van der Waals surface area (Å²) in [6.07, 6.45) is 3.76. The molecular formula is C24H20F5N3S. The highest BCUT2D eigenvalue weighted by Gasteiger charge is 2.27. The van der Waals surface area contributed by atoms with E-state index in [4.69, 9.17) is 0 Å². The van der Waals surface area contributed by atoms with Gasteiger partial charge in [0.1, 0.15) is 0 Å². The van der Waals surface area contributed by atoms with E-state index in [9.17, 15) is 22.0 Å². The van der Waals surface area contributed by atoms with E-state index >= 15 is 0 Å². The number of thioether (sulfide) groups is 1. The minimum atomic E-state index is -2.16. The van der Waals surface area contributed by atoms with Crippen LogP contribution in [-0.2, 0) is 6.54 Å². The molecule has 5 rings (SSSR count). The predicted molar refractivity (Wildman–Crippen MR) is 121 cm³/mol. The normalized spacial score (nSPS) is 15.0. The molecule has 1 N–H and O–H groups in total. The van der Waals surface area contributed by atoms with Crippen molar-refractivity contribution in [2.24, 2.45) is 0 Å². The molecular weight excluding hydrogens is 457 g/mol. The fourth-order valence-corrected chi connectivity index (χ4v) is 5.61. The van der Waals surface area contributed by atoms with Gasteiger partial charge in [-0.1, -0.05) is 0 Å². The number of pyridine rings is 1. The Morgan fingerprint density at radius 3 is 2.30 bits per heavy atom. The number of nitrogens with one attached hydrogen (secondary N) is 1. The number of anilines is 1. The highest BCUT2D eigenvalue weighted by molar-refractivity contribution is 7.99. The van der Waals surface area contributed by atoms with Crippen molar-refractivity contribution in [3.05, 3.63) is 70.8 Å². The number of hydrogen-bond donors (Lipinski definition) is 1. The summed E-state index contributed by atoms with van der Waals surface area (Å²) in [6.45, 7) is 1.22. The Morgan fingerprint density at radius 1 is 0.939 bits per heavy atom. The Kier molecular flexibility index (Phi) is 5.68. The second kappa shape index (κ2) is 8.52. The van der Waals surface area contributed by atoms with Gasteiger partial charge in [-0.25, -0.2) is 22.0 Å². The van der Waals surface area contributed by atoms with E-state index in [2.05, 4.69) is 10.3 Å². The molecule has 0 aliphatic carbocycles. The number of halogens is 5. The Hall–Kier alpha value is -2.81. The molecule has 172 valence electrons. The lowest BCUT2D eigenvalue weighted by Crippen LogP contribution is -2.24. The molecule has 0 radical (unpaired) electrons. The summed E-state index contributed by atoms with van der Waals surface area (Å²) < 4.78 is 71.7. The fourth-order valence-electron chi connectivity index (χ4n) is 4.50. The molecule has 0 saturated carbocycles. The molecule has 0 unspecified atom stereocenters. The Labute approximate surface area is 191 Å². The first-order valence-electron chi connectivity index (χ1n) is 10.6. The molecule has 1 aliphatic heterocycles. The molecule has 2 aromatic heterocycles. The van der Waals surface area contributed by atoms with Crippen molar-refractivity contribution >= 4 is 39.3 Å². The summed E-state index contributed by atoms with van der Waals surface area (Å²) in [7, 11) is 0. The molecule has 33 heavy (non-hydrogen) atoms. The molecule has 0 amide bonds. The topological polar surface area (TPSA) is 29.9 Å². The summed E-state index contributed by atoms with van der Waals surface area (Å²) >= 11 is 1.94. The van der Waals surface area contributed by atoms with Crippen molar-refractivity contribution in [2.45, 2.75) is 32.4 Å². The standard InChI is InChI=1S/C24H20F5N3S/c1-12-24-15(4-7-30-12)16-10-14(31-13-5-8-33-9-6-13)2-3-18(16)32(24)11-17-19(25)21(27)23(29)22(28)20(17)26/h2-4,7,10,13,31H,5-6,8-9,11H2,1H3. The third-order valence-electron chi connectivity index (χ3n) is 6.16. The van der Waals surface area contributed by atoms with Gasteiger partial charge in [-0.3, -0.25) is 4.98 Å². The smallest absolute Gasteiger partial charge is 0.200 e. The highest BCUT2D eigenvalue weighted by atomic mass is 32.2. The maximum absolute atomic E-state index is 14.5. The molecule has 3 heterocycles. The first-order chi connectivity index (χ1) is 15.9. The zero-order valence-electron chi connectivity index (χ0n) is 17.7. The zero-order valence-corrected chi connectivity index (χ0v) is 18.5. The van der Waals surface area contributed by atoms with E-state index in [-0.39, 0.29) is 0 Å². The molecule has 4 aromatic rings. The van der Waals surface area contributed by atoms with Gasteiger partial charge < -0.3 is 9.88 Å². The fraction of sp³-hybridized carbons (Fsp3) is 0.292. The molecule has 3 nitrogen and oxygen atoms in total. The number of aromatic nitrogens is 2. The third-order valence-corrected chi connectivity index (χ3v) is 7.21. The summed E-state index contributed by atoms with van der Waals surface area (Å²) in [5.74, 6) is -7.50. The van der Waals surface area contributed by atoms with Crippen molar-refractivity contribution in [3.63, 3.8) is 0 Å². The number of hydrogen-bond acceptors (Lipinski definition) is 3. The van der Waals surface area contributed by atoms with Crippen LogP contribution >= 0.6 is 11.8 Å². The number of fused-ring (bicyclic) bond motifs is 3. The van der Waals surface area contributed by atoms with E-state index in [0.717, 1.165) is 40.8 Å². The van der Waals surface area contributed by atoms with E-state index in [1.54, 1.807) is 29.8 Å². The van der Waals surface area contributed by atoms with Gasteiger partial charge in [-0.15, -0.1) is 0 Å². The summed E-state index contributed by atoms with van der Waals surface area (Å²) in [6, 6.07) is 7.81. The lowest BCUT2D eigenvalue weighted by molar-refractivity contribution is 0.368. The Morgan fingerprint density at radius 2 is 1.61 bits per heavy atom. The molecule has 1 fully saturated rings. The monoisotopic (exact) mass is 477 g/mol. The molecule has 0 bridgehead atoms. The Balaban J connectivity index is 1.66.